The fourth-order valence-corrected chi connectivity index (χ4v) is 4.95. The number of nitrogen functional groups attached to an aromatic ring is 2. The van der Waals surface area contributed by atoms with Crippen LogP contribution in [0.3, 0.4) is 0 Å². The molecule has 6 N–H and O–H groups in total. The van der Waals surface area contributed by atoms with E-state index in [-0.39, 0.29) is 11.9 Å². The quantitative estimate of drug-likeness (QED) is 0.386. The average Bonchev–Trinajstić information content (AvgIpc) is 3.28. The third kappa shape index (κ3) is 3.25. The summed E-state index contributed by atoms with van der Waals surface area (Å²) < 4.78 is 16.4. The second kappa shape index (κ2) is 7.39. The number of halogens is 1. The van der Waals surface area contributed by atoms with Crippen molar-refractivity contribution >= 4 is 33.6 Å². The number of benzene rings is 1. The lowest BCUT2D eigenvalue weighted by Gasteiger charge is -2.28. The fraction of sp³-hybridized carbons (Fsp3) is 0.348. The molecule has 1 aliphatic rings. The molecule has 0 aliphatic heterocycles. The molecule has 3 aromatic heterocycles. The van der Waals surface area contributed by atoms with Gasteiger partial charge in [-0.1, -0.05) is 6.92 Å². The summed E-state index contributed by atoms with van der Waals surface area (Å²) in [6.07, 6.45) is 2.91. The van der Waals surface area contributed by atoms with Crippen molar-refractivity contribution in [1.82, 2.24) is 19.5 Å². The van der Waals surface area contributed by atoms with E-state index >= 15 is 0 Å². The molecule has 1 aromatic carbocycles. The van der Waals surface area contributed by atoms with Crippen LogP contribution in [0.25, 0.3) is 21.9 Å². The molecule has 0 saturated heterocycles. The van der Waals surface area contributed by atoms with Gasteiger partial charge >= 0.3 is 0 Å². The Morgan fingerprint density at radius 3 is 2.78 bits per heavy atom. The number of aryl methyl sites for hydroxylation is 1. The van der Waals surface area contributed by atoms with Gasteiger partial charge in [0.1, 0.15) is 35.5 Å². The minimum Gasteiger partial charge on any atom is -0.390 e. The highest BCUT2D eigenvalue weighted by Crippen LogP contribution is 2.48. The molecule has 0 bridgehead atoms. The van der Waals surface area contributed by atoms with Gasteiger partial charge in [0.2, 0.25) is 0 Å². The first-order valence-corrected chi connectivity index (χ1v) is 10.5. The summed E-state index contributed by atoms with van der Waals surface area (Å²) in [5.74, 6) is 0.356. The molecule has 3 heterocycles. The zero-order valence-corrected chi connectivity index (χ0v) is 17.6. The van der Waals surface area contributed by atoms with Gasteiger partial charge in [-0.2, -0.15) is 0 Å². The van der Waals surface area contributed by atoms with Crippen molar-refractivity contribution in [3.8, 4) is 0 Å². The molecule has 1 saturated carbocycles. The molecule has 1 fully saturated rings. The molecule has 0 amide bonds. The van der Waals surface area contributed by atoms with E-state index in [0.717, 1.165) is 5.56 Å². The SMILES string of the molecule is C[C@]1(CCc2cc(F)c3ccc(N)nc3c2)C[C@@H](n2ccc3c(N)ncnc32)[C@H](O)[C@@H]1O. The van der Waals surface area contributed by atoms with Gasteiger partial charge in [-0.3, -0.25) is 0 Å². The third-order valence-electron chi connectivity index (χ3n) is 6.83. The highest BCUT2D eigenvalue weighted by molar-refractivity contribution is 5.86. The van der Waals surface area contributed by atoms with Gasteiger partial charge in [0, 0.05) is 11.6 Å². The molecule has 0 spiro atoms. The number of nitrogens with two attached hydrogens (primary N) is 2. The van der Waals surface area contributed by atoms with E-state index in [2.05, 4.69) is 15.0 Å². The normalized spacial score (nSPS) is 25.7. The summed E-state index contributed by atoms with van der Waals surface area (Å²) in [4.78, 5) is 12.5. The van der Waals surface area contributed by atoms with Crippen molar-refractivity contribution in [3.63, 3.8) is 0 Å². The lowest BCUT2D eigenvalue weighted by molar-refractivity contribution is -0.0241. The van der Waals surface area contributed by atoms with Gasteiger partial charge in [-0.05, 0) is 60.6 Å². The van der Waals surface area contributed by atoms with Crippen molar-refractivity contribution < 1.29 is 14.6 Å². The van der Waals surface area contributed by atoms with Crippen LogP contribution in [0.2, 0.25) is 0 Å². The molecule has 9 heteroatoms. The van der Waals surface area contributed by atoms with E-state index in [9.17, 15) is 14.6 Å². The summed E-state index contributed by atoms with van der Waals surface area (Å²) >= 11 is 0. The Kier molecular flexibility index (Phi) is 4.75. The third-order valence-corrected chi connectivity index (χ3v) is 6.83. The summed E-state index contributed by atoms with van der Waals surface area (Å²) in [5, 5.41) is 22.9. The van der Waals surface area contributed by atoms with E-state index in [4.69, 9.17) is 11.5 Å². The van der Waals surface area contributed by atoms with E-state index in [1.165, 1.54) is 12.4 Å². The first kappa shape index (κ1) is 20.6. The monoisotopic (exact) mass is 436 g/mol. The van der Waals surface area contributed by atoms with Crippen LogP contribution in [0, 0.1) is 11.2 Å². The maximum atomic E-state index is 14.5. The Balaban J connectivity index is 1.40. The predicted octanol–water partition coefficient (Wildman–Crippen LogP) is 2.59. The van der Waals surface area contributed by atoms with Crippen molar-refractivity contribution in [2.24, 2.45) is 5.41 Å². The van der Waals surface area contributed by atoms with Crippen LogP contribution in [0.5, 0.6) is 0 Å². The summed E-state index contributed by atoms with van der Waals surface area (Å²) in [5.41, 5.74) is 13.0. The van der Waals surface area contributed by atoms with E-state index in [0.29, 0.717) is 52.8 Å². The van der Waals surface area contributed by atoms with Gasteiger partial charge in [-0.25, -0.2) is 19.3 Å². The lowest BCUT2D eigenvalue weighted by Crippen LogP contribution is -2.35. The van der Waals surface area contributed by atoms with Crippen LogP contribution in [0.4, 0.5) is 16.0 Å². The topological polar surface area (TPSA) is 136 Å². The van der Waals surface area contributed by atoms with Crippen LogP contribution < -0.4 is 11.5 Å². The van der Waals surface area contributed by atoms with Crippen LogP contribution in [-0.4, -0.2) is 41.9 Å². The smallest absolute Gasteiger partial charge is 0.145 e. The van der Waals surface area contributed by atoms with Crippen molar-refractivity contribution in [2.45, 2.75) is 44.4 Å². The molecular weight excluding hydrogens is 411 g/mol. The Labute approximate surface area is 183 Å². The van der Waals surface area contributed by atoms with Gasteiger partial charge in [0.05, 0.1) is 23.0 Å². The molecule has 8 nitrogen and oxygen atoms in total. The predicted molar refractivity (Wildman–Crippen MR) is 120 cm³/mol. The Morgan fingerprint density at radius 2 is 1.97 bits per heavy atom. The molecule has 4 atom stereocenters. The van der Waals surface area contributed by atoms with Gasteiger partial charge in [0.15, 0.2) is 0 Å². The second-order valence-corrected chi connectivity index (χ2v) is 8.96. The summed E-state index contributed by atoms with van der Waals surface area (Å²) in [6.45, 7) is 1.95. The number of pyridine rings is 1. The minimum atomic E-state index is -0.971. The number of aromatic nitrogens is 4. The lowest BCUT2D eigenvalue weighted by atomic mass is 9.80. The Hall–Kier alpha value is -3.30. The average molecular weight is 436 g/mol. The van der Waals surface area contributed by atoms with Gasteiger partial charge in [-0.15, -0.1) is 0 Å². The highest BCUT2D eigenvalue weighted by atomic mass is 19.1. The standard InChI is InChI=1S/C23H25FN6O2/c1-23(6-4-12-8-15(24)13-2-3-18(25)29-16(13)9-12)10-17(19(31)20(23)32)30-7-5-14-21(26)27-11-28-22(14)30/h2-3,5,7-9,11,17,19-20,31-32H,4,6,10H2,1H3,(H2,25,29)(H2,26,27,28)/t17-,19+,20+,23+/m1/s1. The number of nitrogens with zero attached hydrogens (tertiary/aromatic N) is 4. The molecule has 1 aliphatic carbocycles. The highest BCUT2D eigenvalue weighted by Gasteiger charge is 2.50. The second-order valence-electron chi connectivity index (χ2n) is 8.96. The molecular formula is C23H25FN6O2. The van der Waals surface area contributed by atoms with Crippen LogP contribution in [0.1, 0.15) is 31.4 Å². The molecule has 4 aromatic rings. The maximum Gasteiger partial charge on any atom is 0.145 e. The number of hydrogen-bond acceptors (Lipinski definition) is 7. The maximum absolute atomic E-state index is 14.5. The van der Waals surface area contributed by atoms with Gasteiger partial charge < -0.3 is 26.2 Å². The summed E-state index contributed by atoms with van der Waals surface area (Å²) in [7, 11) is 0. The van der Waals surface area contributed by atoms with E-state index in [1.807, 2.05) is 29.8 Å². The first-order chi connectivity index (χ1) is 15.3. The molecule has 32 heavy (non-hydrogen) atoms. The zero-order chi connectivity index (χ0) is 22.6. The summed E-state index contributed by atoms with van der Waals surface area (Å²) in [6, 6.07) is 7.97. The zero-order valence-electron chi connectivity index (χ0n) is 17.6. The van der Waals surface area contributed by atoms with E-state index < -0.39 is 17.6 Å². The number of rotatable bonds is 4. The fourth-order valence-electron chi connectivity index (χ4n) is 4.95. The number of aliphatic hydroxyl groups excluding tert-OH is 2. The number of hydrogen-bond donors (Lipinski definition) is 4. The van der Waals surface area contributed by atoms with Crippen molar-refractivity contribution in [2.75, 3.05) is 11.5 Å². The minimum absolute atomic E-state index is 0.335. The van der Waals surface area contributed by atoms with Gasteiger partial charge in [0.25, 0.3) is 0 Å². The van der Waals surface area contributed by atoms with Crippen molar-refractivity contribution in [3.05, 3.63) is 54.2 Å². The van der Waals surface area contributed by atoms with Crippen LogP contribution in [-0.2, 0) is 6.42 Å². The molecule has 0 radical (unpaired) electrons. The molecule has 0 unspecified atom stereocenters. The Bertz CT molecular complexity index is 1320. The largest absolute Gasteiger partial charge is 0.390 e. The molecule has 166 valence electrons. The first-order valence-electron chi connectivity index (χ1n) is 10.5. The Morgan fingerprint density at radius 1 is 1.16 bits per heavy atom. The van der Waals surface area contributed by atoms with Crippen molar-refractivity contribution in [1.29, 1.82) is 0 Å². The van der Waals surface area contributed by atoms with Crippen LogP contribution in [0.15, 0.2) is 42.9 Å². The van der Waals surface area contributed by atoms with E-state index in [1.54, 1.807) is 12.1 Å². The van der Waals surface area contributed by atoms with Crippen LogP contribution >= 0.6 is 0 Å². The number of anilines is 2. The molecule has 5 rings (SSSR count). The number of fused-ring (bicyclic) bond motifs is 2. The number of aliphatic hydroxyl groups is 2.